The third kappa shape index (κ3) is 51.2. The number of hydrogen-bond donors (Lipinski definition) is 10. The number of hydrogen-bond acceptors (Lipinski definition) is 24. The summed E-state index contributed by atoms with van der Waals surface area (Å²) in [6.45, 7) is 10.3. The summed E-state index contributed by atoms with van der Waals surface area (Å²) in [6, 6.07) is 0. The van der Waals surface area contributed by atoms with Crippen molar-refractivity contribution in [2.24, 2.45) is 11.8 Å². The van der Waals surface area contributed by atoms with Crippen LogP contribution < -0.4 is 0 Å². The minimum absolute atomic E-state index is 0.0188. The molecule has 0 amide bonds. The molecule has 0 spiro atoms. The third-order valence-electron chi connectivity index (χ3n) is 24.4. The maximum Gasteiger partial charge on any atom is 0.472 e. The lowest BCUT2D eigenvalue weighted by Gasteiger charge is -2.50. The molecule has 1 aliphatic carbocycles. The van der Waals surface area contributed by atoms with Crippen molar-refractivity contribution in [3.05, 3.63) is 0 Å². The van der Waals surface area contributed by atoms with E-state index in [9.17, 15) is 74.6 Å². The molecule has 0 aromatic rings. The van der Waals surface area contributed by atoms with Crippen LogP contribution in [-0.4, -0.2) is 205 Å². The average molecular weight is 1720 g/mol. The van der Waals surface area contributed by atoms with Crippen molar-refractivity contribution in [3.63, 3.8) is 0 Å². The molecule has 25 nitrogen and oxygen atoms in total. The highest BCUT2D eigenvalue weighted by atomic mass is 31.2. The van der Waals surface area contributed by atoms with Crippen LogP contribution in [0.5, 0.6) is 0 Å². The van der Waals surface area contributed by atoms with Gasteiger partial charge in [-0.1, -0.05) is 375 Å². The largest absolute Gasteiger partial charge is 0.472 e. The smallest absolute Gasteiger partial charge is 0.463 e. The van der Waals surface area contributed by atoms with Crippen LogP contribution in [0.25, 0.3) is 0 Å². The van der Waals surface area contributed by atoms with Crippen molar-refractivity contribution in [1.82, 2.24) is 0 Å². The fraction of sp³-hybridized carbons (Fsp3) is 0.957. The quantitative estimate of drug-likeness (QED) is 0.0117. The lowest BCUT2D eigenvalue weighted by atomic mass is 9.84. The van der Waals surface area contributed by atoms with Crippen molar-refractivity contribution in [3.8, 4) is 0 Å². The molecule has 3 rings (SSSR count). The monoisotopic (exact) mass is 1720 g/mol. The first kappa shape index (κ1) is 111. The number of aliphatic hydroxyl groups excluding tert-OH is 9. The van der Waals surface area contributed by atoms with Gasteiger partial charge in [-0.05, 0) is 37.5 Å². The zero-order chi connectivity index (χ0) is 87.1. The van der Waals surface area contributed by atoms with Gasteiger partial charge < -0.3 is 88.7 Å². The predicted molar refractivity (Wildman–Crippen MR) is 463 cm³/mol. The van der Waals surface area contributed by atoms with E-state index in [1.165, 1.54) is 199 Å². The summed E-state index contributed by atoms with van der Waals surface area (Å²) in [5, 5.41) is 102. The molecule has 20 atom stereocenters. The van der Waals surface area contributed by atoms with E-state index >= 15 is 0 Å². The Bertz CT molecular complexity index is 2500. The number of unbranched alkanes of at least 4 members (excludes halogenated alkanes) is 46. The molecule has 0 aromatic heterocycles. The zero-order valence-corrected chi connectivity index (χ0v) is 76.2. The van der Waals surface area contributed by atoms with E-state index in [2.05, 4.69) is 41.5 Å². The lowest BCUT2D eigenvalue weighted by molar-refractivity contribution is -0.360. The molecule has 2 saturated heterocycles. The van der Waals surface area contributed by atoms with Crippen LogP contribution in [0.2, 0.25) is 0 Å². The summed E-state index contributed by atoms with van der Waals surface area (Å²) in [5.74, 6) is -1.63. The molecule has 2 heterocycles. The molecular weight excluding hydrogens is 1550 g/mol. The molecule has 26 heteroatoms. The van der Waals surface area contributed by atoms with Crippen molar-refractivity contribution >= 4 is 31.7 Å². The first-order chi connectivity index (χ1) is 57.5. The first-order valence-corrected chi connectivity index (χ1v) is 50.0. The van der Waals surface area contributed by atoms with Crippen molar-refractivity contribution in [2.75, 3.05) is 26.4 Å². The molecular formula is C93H175O25P. The van der Waals surface area contributed by atoms with E-state index in [0.29, 0.717) is 43.9 Å². The van der Waals surface area contributed by atoms with Crippen LogP contribution in [0.3, 0.4) is 0 Å². The molecule has 702 valence electrons. The number of esters is 4. The highest BCUT2D eigenvalue weighted by Crippen LogP contribution is 2.49. The Morgan fingerprint density at radius 3 is 1.00 bits per heavy atom. The Labute approximate surface area is 719 Å². The minimum Gasteiger partial charge on any atom is -0.463 e. The van der Waals surface area contributed by atoms with Crippen LogP contribution in [-0.2, 0) is 70.7 Å². The van der Waals surface area contributed by atoms with E-state index in [1.54, 1.807) is 0 Å². The van der Waals surface area contributed by atoms with Crippen molar-refractivity contribution < 1.29 is 122 Å². The van der Waals surface area contributed by atoms with Gasteiger partial charge in [0.2, 0.25) is 0 Å². The van der Waals surface area contributed by atoms with E-state index in [1.807, 2.05) is 0 Å². The Kier molecular flexibility index (Phi) is 65.6. The molecule has 0 aromatic carbocycles. The summed E-state index contributed by atoms with van der Waals surface area (Å²) >= 11 is 0. The molecule has 2 aliphatic heterocycles. The molecule has 20 unspecified atom stereocenters. The second kappa shape index (κ2) is 70.5. The summed E-state index contributed by atoms with van der Waals surface area (Å²) in [5.41, 5.74) is 0. The van der Waals surface area contributed by atoms with Gasteiger partial charge in [0.15, 0.2) is 24.8 Å². The summed E-state index contributed by atoms with van der Waals surface area (Å²) in [7, 11) is -5.81. The minimum atomic E-state index is -5.81. The van der Waals surface area contributed by atoms with Gasteiger partial charge in [-0.15, -0.1) is 0 Å². The van der Waals surface area contributed by atoms with Crippen LogP contribution in [0.4, 0.5) is 0 Å². The average Bonchev–Trinajstić information content (AvgIpc) is 0.775. The Hall–Kier alpha value is -2.53. The van der Waals surface area contributed by atoms with Crippen LogP contribution in [0.15, 0.2) is 0 Å². The molecule has 0 radical (unpaired) electrons. The summed E-state index contributed by atoms with van der Waals surface area (Å²) in [6.07, 6.45) is 25.2. The Balaban J connectivity index is 1.92. The number of rotatable bonds is 78. The van der Waals surface area contributed by atoms with E-state index in [-0.39, 0.29) is 25.7 Å². The van der Waals surface area contributed by atoms with Crippen LogP contribution in [0.1, 0.15) is 427 Å². The maximum absolute atomic E-state index is 14.9. The molecule has 3 aliphatic rings. The topological polar surface area (TPSA) is 380 Å². The van der Waals surface area contributed by atoms with E-state index in [0.717, 1.165) is 128 Å². The van der Waals surface area contributed by atoms with Crippen LogP contribution in [0, 0.1) is 11.8 Å². The normalized spacial score (nSPS) is 25.3. The van der Waals surface area contributed by atoms with Crippen molar-refractivity contribution in [1.29, 1.82) is 0 Å². The zero-order valence-electron chi connectivity index (χ0n) is 75.3. The summed E-state index contributed by atoms with van der Waals surface area (Å²) in [4.78, 5) is 66.6. The van der Waals surface area contributed by atoms with Gasteiger partial charge in [0, 0.05) is 25.7 Å². The highest BCUT2D eigenvalue weighted by molar-refractivity contribution is 7.47. The maximum atomic E-state index is 14.9. The molecule has 0 bridgehead atoms. The second-order valence-corrected chi connectivity index (χ2v) is 36.9. The fourth-order valence-electron chi connectivity index (χ4n) is 16.5. The molecule has 3 fully saturated rings. The standard InChI is InChI=1S/C93H175O25P/c1-7-11-15-19-23-25-27-29-30-32-34-36-38-49-57-65-78(97)112-73(68-109-76(95)63-55-48-41-39-45-53-61-71(5)59-51-43-21-17-13-9-3)69-111-119(107,108)118-91-89(116-92-86(105)82(101)80(99)74(67-94)113-92)85(104)84(103)88(115-79(98)66-58-50-42-40-46-54-62-72(6)60-52-44-22-18-14-10-4)90(91)117-93-87(106)83(102)81(100)75(114-93)70-110-77(96)64-56-47-37-35-33-31-28-26-24-20-16-12-8-2/h71-75,80-94,99-106H,7-70H2,1-6H3,(H,107,108). The number of aliphatic hydroxyl groups is 9. The van der Waals surface area contributed by atoms with Gasteiger partial charge in [-0.2, -0.15) is 0 Å². The van der Waals surface area contributed by atoms with Gasteiger partial charge in [-0.25, -0.2) is 4.57 Å². The molecule has 10 N–H and O–H groups in total. The number of carbonyl (C=O) groups is 4. The SMILES string of the molecule is CCCCCCCCCCCCCCCCCC(=O)OC(COC(=O)CCCCCCCCC(C)CCCCCCCC)COP(=O)(O)OC1C(OC2OC(CO)C(O)C(O)C2O)C(O)C(O)C(OC(=O)CCCCCCCCC(C)CCCCCCCC)C1OC1OC(COC(=O)CCCCCCCCCCCCCCC)C(O)C(O)C1O. The molecule has 119 heavy (non-hydrogen) atoms. The lowest BCUT2D eigenvalue weighted by Crippen LogP contribution is -2.70. The van der Waals surface area contributed by atoms with Gasteiger partial charge in [-0.3, -0.25) is 28.2 Å². The highest BCUT2D eigenvalue weighted by Gasteiger charge is 2.60. The summed E-state index contributed by atoms with van der Waals surface area (Å²) < 4.78 is 73.6. The van der Waals surface area contributed by atoms with Gasteiger partial charge in [0.05, 0.1) is 13.2 Å². The second-order valence-electron chi connectivity index (χ2n) is 35.5. The van der Waals surface area contributed by atoms with Gasteiger partial charge >= 0.3 is 31.7 Å². The van der Waals surface area contributed by atoms with Gasteiger partial charge in [0.1, 0.15) is 92.6 Å². The first-order valence-electron chi connectivity index (χ1n) is 48.6. The van der Waals surface area contributed by atoms with Gasteiger partial charge in [0.25, 0.3) is 0 Å². The number of phosphoric ester groups is 1. The third-order valence-corrected chi connectivity index (χ3v) is 25.4. The molecule has 1 saturated carbocycles. The van der Waals surface area contributed by atoms with Crippen molar-refractivity contribution in [2.45, 2.75) is 531 Å². The van der Waals surface area contributed by atoms with Crippen LogP contribution >= 0.6 is 7.82 Å². The fourth-order valence-corrected chi connectivity index (χ4v) is 17.5. The number of ether oxygens (including phenoxy) is 8. The predicted octanol–water partition coefficient (Wildman–Crippen LogP) is 18.3. The van der Waals surface area contributed by atoms with E-state index in [4.69, 9.17) is 46.9 Å². The Morgan fingerprint density at radius 1 is 0.328 bits per heavy atom. The number of carbonyl (C=O) groups excluding carboxylic acids is 4. The number of phosphoric acid groups is 1. The Morgan fingerprint density at radius 2 is 0.630 bits per heavy atom. The van der Waals surface area contributed by atoms with E-state index < -0.39 is 162 Å².